The van der Waals surface area contributed by atoms with Crippen LogP contribution in [-0.4, -0.2) is 11.1 Å². The summed E-state index contributed by atoms with van der Waals surface area (Å²) >= 11 is 3.40. The Hall–Kier alpha value is -1.81. The van der Waals surface area contributed by atoms with E-state index in [1.54, 1.807) is 18.2 Å². The smallest absolute Gasteiger partial charge is 0.335 e. The molecular weight excluding hydrogens is 306 g/mol. The topological polar surface area (TPSA) is 49.3 Å². The highest BCUT2D eigenvalue weighted by molar-refractivity contribution is 9.10. The largest absolute Gasteiger partial charge is 0.478 e. The Morgan fingerprint density at radius 2 is 1.89 bits per heavy atom. The summed E-state index contributed by atoms with van der Waals surface area (Å²) in [6.45, 7) is 2.04. The molecule has 2 rings (SSSR count). The minimum absolute atomic E-state index is 0.108. The lowest BCUT2D eigenvalue weighted by Gasteiger charge is -2.16. The standard InChI is InChI=1S/C15H14BrNO2/c1-10(11-5-7-13(16)8-6-11)17-14-4-2-3-12(9-14)15(18)19/h2-10,17H,1H3,(H,18,19). The Labute approximate surface area is 120 Å². The molecule has 0 aliphatic carbocycles. The number of halogens is 1. The normalized spacial score (nSPS) is 11.9. The molecule has 0 aromatic heterocycles. The van der Waals surface area contributed by atoms with Gasteiger partial charge in [0.05, 0.1) is 5.56 Å². The maximum Gasteiger partial charge on any atom is 0.335 e. The quantitative estimate of drug-likeness (QED) is 0.882. The summed E-state index contributed by atoms with van der Waals surface area (Å²) in [5, 5.41) is 12.3. The maximum atomic E-state index is 10.9. The lowest BCUT2D eigenvalue weighted by Crippen LogP contribution is -2.07. The van der Waals surface area contributed by atoms with Gasteiger partial charge in [-0.05, 0) is 42.8 Å². The number of benzene rings is 2. The number of nitrogens with one attached hydrogen (secondary N) is 1. The van der Waals surface area contributed by atoms with E-state index in [-0.39, 0.29) is 11.6 Å². The van der Waals surface area contributed by atoms with Crippen molar-refractivity contribution in [3.05, 3.63) is 64.1 Å². The Morgan fingerprint density at radius 3 is 2.53 bits per heavy atom. The molecule has 1 unspecified atom stereocenters. The third-order valence-corrected chi connectivity index (χ3v) is 3.39. The van der Waals surface area contributed by atoms with Gasteiger partial charge >= 0.3 is 5.97 Å². The van der Waals surface area contributed by atoms with Crippen molar-refractivity contribution in [3.8, 4) is 0 Å². The van der Waals surface area contributed by atoms with Crippen molar-refractivity contribution >= 4 is 27.6 Å². The zero-order valence-corrected chi connectivity index (χ0v) is 12.0. The van der Waals surface area contributed by atoms with E-state index in [0.29, 0.717) is 0 Å². The Kier molecular flexibility index (Phi) is 4.22. The summed E-state index contributed by atoms with van der Waals surface area (Å²) in [7, 11) is 0. The van der Waals surface area contributed by atoms with Crippen LogP contribution in [0.4, 0.5) is 5.69 Å². The van der Waals surface area contributed by atoms with Gasteiger partial charge in [0.1, 0.15) is 0 Å². The van der Waals surface area contributed by atoms with Gasteiger partial charge in [-0.1, -0.05) is 34.1 Å². The first kappa shape index (κ1) is 13.6. The first-order chi connectivity index (χ1) is 9.06. The van der Waals surface area contributed by atoms with Crippen molar-refractivity contribution in [1.29, 1.82) is 0 Å². The van der Waals surface area contributed by atoms with E-state index in [1.165, 1.54) is 0 Å². The number of carboxylic acid groups (broad SMARTS) is 1. The summed E-state index contributed by atoms with van der Waals surface area (Å²) in [6, 6.07) is 15.0. The van der Waals surface area contributed by atoms with Crippen molar-refractivity contribution in [2.24, 2.45) is 0 Å². The lowest BCUT2D eigenvalue weighted by atomic mass is 10.1. The van der Waals surface area contributed by atoms with Crippen LogP contribution < -0.4 is 5.32 Å². The summed E-state index contributed by atoms with van der Waals surface area (Å²) in [4.78, 5) is 10.9. The Bertz CT molecular complexity index is 581. The second-order valence-corrected chi connectivity index (χ2v) is 5.22. The highest BCUT2D eigenvalue weighted by atomic mass is 79.9. The molecule has 2 N–H and O–H groups in total. The molecule has 98 valence electrons. The van der Waals surface area contributed by atoms with Gasteiger partial charge < -0.3 is 10.4 Å². The van der Waals surface area contributed by atoms with Crippen LogP contribution in [0.25, 0.3) is 0 Å². The maximum absolute atomic E-state index is 10.9. The number of anilines is 1. The van der Waals surface area contributed by atoms with Crippen molar-refractivity contribution < 1.29 is 9.90 Å². The van der Waals surface area contributed by atoms with Gasteiger partial charge in [-0.2, -0.15) is 0 Å². The molecule has 4 heteroatoms. The summed E-state index contributed by atoms with van der Waals surface area (Å²) in [5.41, 5.74) is 2.23. The van der Waals surface area contributed by atoms with Crippen LogP contribution in [0, 0.1) is 0 Å². The van der Waals surface area contributed by atoms with Gasteiger partial charge in [-0.15, -0.1) is 0 Å². The molecule has 0 spiro atoms. The zero-order chi connectivity index (χ0) is 13.8. The molecule has 3 nitrogen and oxygen atoms in total. The lowest BCUT2D eigenvalue weighted by molar-refractivity contribution is 0.0697. The van der Waals surface area contributed by atoms with Crippen molar-refractivity contribution in [2.75, 3.05) is 5.32 Å². The van der Waals surface area contributed by atoms with E-state index < -0.39 is 5.97 Å². The number of hydrogen-bond donors (Lipinski definition) is 2. The molecular formula is C15H14BrNO2. The number of rotatable bonds is 4. The first-order valence-corrected chi connectivity index (χ1v) is 6.71. The Morgan fingerprint density at radius 1 is 1.21 bits per heavy atom. The SMILES string of the molecule is CC(Nc1cccc(C(=O)O)c1)c1ccc(Br)cc1. The van der Waals surface area contributed by atoms with Gasteiger partial charge in [0.2, 0.25) is 0 Å². The minimum atomic E-state index is -0.917. The third-order valence-electron chi connectivity index (χ3n) is 2.86. The number of carbonyl (C=O) groups is 1. The minimum Gasteiger partial charge on any atom is -0.478 e. The molecule has 0 amide bonds. The van der Waals surface area contributed by atoms with E-state index in [4.69, 9.17) is 5.11 Å². The van der Waals surface area contributed by atoms with Gasteiger partial charge in [-0.3, -0.25) is 0 Å². The molecule has 0 saturated heterocycles. The fourth-order valence-electron chi connectivity index (χ4n) is 1.83. The van der Waals surface area contributed by atoms with Crippen LogP contribution in [-0.2, 0) is 0 Å². The monoisotopic (exact) mass is 319 g/mol. The molecule has 0 radical (unpaired) electrons. The van der Waals surface area contributed by atoms with E-state index >= 15 is 0 Å². The first-order valence-electron chi connectivity index (χ1n) is 5.91. The molecule has 0 aliphatic rings. The van der Waals surface area contributed by atoms with E-state index in [1.807, 2.05) is 37.3 Å². The van der Waals surface area contributed by atoms with Gasteiger partial charge in [0.15, 0.2) is 0 Å². The van der Waals surface area contributed by atoms with Crippen LogP contribution in [0.3, 0.4) is 0 Å². The van der Waals surface area contributed by atoms with Crippen LogP contribution in [0.2, 0.25) is 0 Å². The Balaban J connectivity index is 2.14. The molecule has 0 heterocycles. The average molecular weight is 320 g/mol. The van der Waals surface area contributed by atoms with E-state index in [9.17, 15) is 4.79 Å². The number of hydrogen-bond acceptors (Lipinski definition) is 2. The van der Waals surface area contributed by atoms with E-state index in [0.717, 1.165) is 15.7 Å². The van der Waals surface area contributed by atoms with Crippen molar-refractivity contribution in [2.45, 2.75) is 13.0 Å². The van der Waals surface area contributed by atoms with Crippen molar-refractivity contribution in [1.82, 2.24) is 0 Å². The number of aromatic carboxylic acids is 1. The predicted octanol–water partition coefficient (Wildman–Crippen LogP) is 4.32. The molecule has 0 bridgehead atoms. The molecule has 2 aromatic rings. The number of carboxylic acids is 1. The van der Waals surface area contributed by atoms with Crippen LogP contribution in [0.5, 0.6) is 0 Å². The fourth-order valence-corrected chi connectivity index (χ4v) is 2.09. The summed E-state index contributed by atoms with van der Waals surface area (Å²) < 4.78 is 1.04. The second-order valence-electron chi connectivity index (χ2n) is 4.30. The average Bonchev–Trinajstić information content (AvgIpc) is 2.39. The van der Waals surface area contributed by atoms with Gasteiger partial charge in [-0.25, -0.2) is 4.79 Å². The van der Waals surface area contributed by atoms with Crippen LogP contribution in [0.1, 0.15) is 28.9 Å². The molecule has 19 heavy (non-hydrogen) atoms. The van der Waals surface area contributed by atoms with Gasteiger partial charge in [0, 0.05) is 16.2 Å². The third kappa shape index (κ3) is 3.58. The molecule has 1 atom stereocenters. The van der Waals surface area contributed by atoms with E-state index in [2.05, 4.69) is 21.2 Å². The fraction of sp³-hybridized carbons (Fsp3) is 0.133. The van der Waals surface area contributed by atoms with Crippen molar-refractivity contribution in [3.63, 3.8) is 0 Å². The second kappa shape index (κ2) is 5.89. The summed E-state index contributed by atoms with van der Waals surface area (Å²) in [5.74, 6) is -0.917. The highest BCUT2D eigenvalue weighted by Gasteiger charge is 2.07. The zero-order valence-electron chi connectivity index (χ0n) is 10.4. The van der Waals surface area contributed by atoms with Gasteiger partial charge in [0.25, 0.3) is 0 Å². The summed E-state index contributed by atoms with van der Waals surface area (Å²) in [6.07, 6.45) is 0. The molecule has 2 aromatic carbocycles. The predicted molar refractivity (Wildman–Crippen MR) is 79.6 cm³/mol. The highest BCUT2D eigenvalue weighted by Crippen LogP contribution is 2.21. The van der Waals surface area contributed by atoms with Crippen LogP contribution >= 0.6 is 15.9 Å². The van der Waals surface area contributed by atoms with Crippen LogP contribution in [0.15, 0.2) is 53.0 Å². The molecule has 0 fully saturated rings. The molecule has 0 aliphatic heterocycles. The molecule has 0 saturated carbocycles.